The molecule has 1 N–H and O–H groups in total. The lowest BCUT2D eigenvalue weighted by atomic mass is 9.95. The van der Waals surface area contributed by atoms with Crippen LogP contribution in [0.3, 0.4) is 0 Å². The zero-order valence-corrected chi connectivity index (χ0v) is 20.6. The fourth-order valence-electron chi connectivity index (χ4n) is 5.37. The van der Waals surface area contributed by atoms with E-state index in [4.69, 9.17) is 0 Å². The maximum Gasteiger partial charge on any atom is 0.318 e. The van der Waals surface area contributed by atoms with E-state index in [1.807, 2.05) is 34.4 Å². The molecule has 35 heavy (non-hydrogen) atoms. The first-order chi connectivity index (χ1) is 17.1. The summed E-state index contributed by atoms with van der Waals surface area (Å²) in [4.78, 5) is 17.2. The summed E-state index contributed by atoms with van der Waals surface area (Å²) in [6.45, 7) is 3.05. The van der Waals surface area contributed by atoms with E-state index in [-0.39, 0.29) is 17.9 Å². The van der Waals surface area contributed by atoms with Gasteiger partial charge in [-0.25, -0.2) is 9.18 Å². The summed E-state index contributed by atoms with van der Waals surface area (Å²) in [6, 6.07) is 18.5. The molecule has 0 fully saturated rings. The second-order valence-corrected chi connectivity index (χ2v) is 10.6. The molecule has 4 nitrogen and oxygen atoms in total. The molecule has 1 atom stereocenters. The van der Waals surface area contributed by atoms with Crippen LogP contribution in [-0.2, 0) is 25.9 Å². The van der Waals surface area contributed by atoms with Crippen LogP contribution in [0.2, 0.25) is 0 Å². The lowest BCUT2D eigenvalue weighted by Crippen LogP contribution is -2.41. The number of carbonyl (C=O) groups excluding carboxylic acids is 1. The number of nitrogens with one attached hydrogen (secondary N) is 1. The number of carbonyl (C=O) groups is 1. The number of benzene rings is 2. The van der Waals surface area contributed by atoms with E-state index in [1.54, 1.807) is 12.1 Å². The number of halogens is 1. The van der Waals surface area contributed by atoms with Crippen molar-refractivity contribution in [2.45, 2.75) is 51.7 Å². The van der Waals surface area contributed by atoms with Crippen LogP contribution in [0.1, 0.15) is 57.3 Å². The molecular weight excluding hydrogens is 457 g/mol. The molecule has 2 aromatic heterocycles. The molecule has 1 unspecified atom stereocenters. The number of rotatable bonds is 3. The molecule has 178 valence electrons. The molecule has 2 aliphatic rings. The number of aryl methyl sites for hydroxylation is 2. The third-order valence-electron chi connectivity index (χ3n) is 7.19. The molecule has 2 aromatic carbocycles. The third-order valence-corrected chi connectivity index (χ3v) is 8.52. The minimum absolute atomic E-state index is 0.115. The Morgan fingerprint density at radius 3 is 2.60 bits per heavy atom. The number of amides is 2. The fourth-order valence-corrected chi connectivity index (χ4v) is 6.77. The number of nitrogens with zero attached hydrogens (tertiary/aromatic N) is 2. The highest BCUT2D eigenvalue weighted by molar-refractivity contribution is 7.15. The van der Waals surface area contributed by atoms with E-state index < -0.39 is 0 Å². The molecule has 1 aliphatic heterocycles. The smallest absolute Gasteiger partial charge is 0.318 e. The zero-order chi connectivity index (χ0) is 23.9. The normalized spacial score (nSPS) is 16.7. The van der Waals surface area contributed by atoms with Crippen molar-refractivity contribution < 1.29 is 9.18 Å². The molecular formula is C29H28FN3OS. The van der Waals surface area contributed by atoms with Crippen molar-refractivity contribution in [1.29, 1.82) is 0 Å². The van der Waals surface area contributed by atoms with Gasteiger partial charge in [-0.1, -0.05) is 42.0 Å². The zero-order valence-electron chi connectivity index (χ0n) is 19.8. The van der Waals surface area contributed by atoms with Crippen LogP contribution in [0.5, 0.6) is 0 Å². The van der Waals surface area contributed by atoms with Gasteiger partial charge in [-0.2, -0.15) is 0 Å². The molecule has 0 spiro atoms. The second-order valence-electron chi connectivity index (χ2n) is 9.52. The first-order valence-corrected chi connectivity index (χ1v) is 13.1. The molecule has 4 aromatic rings. The molecule has 0 saturated carbocycles. The third kappa shape index (κ3) is 4.06. The topological polar surface area (TPSA) is 37.3 Å². The Hall–Kier alpha value is -3.38. The first-order valence-electron chi connectivity index (χ1n) is 12.2. The fraction of sp³-hybridized carbons (Fsp3) is 0.276. The molecule has 0 saturated heterocycles. The summed E-state index contributed by atoms with van der Waals surface area (Å²) in [6.07, 6.45) is 6.70. The standard InChI is InChI=1S/C29H28FN3OS/c1-19-8-10-20(11-9-19)17-31-29(34)33-18-24-23-5-2-3-7-26(23)35-28(24)32-16-4-6-25(32)27(33)21-12-14-22(30)15-13-21/h4,6,8-16,27H,2-3,5,7,17-18H2,1H3,(H,31,34). The Balaban J connectivity index is 1.42. The monoisotopic (exact) mass is 485 g/mol. The Morgan fingerprint density at radius 1 is 1.03 bits per heavy atom. The average molecular weight is 486 g/mol. The van der Waals surface area contributed by atoms with Gasteiger partial charge in [-0.05, 0) is 73.6 Å². The van der Waals surface area contributed by atoms with Gasteiger partial charge in [-0.15, -0.1) is 11.3 Å². The van der Waals surface area contributed by atoms with E-state index in [0.717, 1.165) is 29.7 Å². The summed E-state index contributed by atoms with van der Waals surface area (Å²) in [5.41, 5.74) is 6.87. The number of urea groups is 1. The maximum absolute atomic E-state index is 13.8. The number of hydrogen-bond acceptors (Lipinski definition) is 2. The van der Waals surface area contributed by atoms with Crippen molar-refractivity contribution in [1.82, 2.24) is 14.8 Å². The lowest BCUT2D eigenvalue weighted by molar-refractivity contribution is 0.180. The van der Waals surface area contributed by atoms with Crippen LogP contribution in [0.25, 0.3) is 5.00 Å². The van der Waals surface area contributed by atoms with E-state index in [0.29, 0.717) is 13.1 Å². The Morgan fingerprint density at radius 2 is 1.80 bits per heavy atom. The van der Waals surface area contributed by atoms with Crippen LogP contribution >= 0.6 is 11.3 Å². The number of hydrogen-bond donors (Lipinski definition) is 1. The summed E-state index contributed by atoms with van der Waals surface area (Å²) in [7, 11) is 0. The quantitative estimate of drug-likeness (QED) is 0.345. The minimum atomic E-state index is -0.317. The van der Waals surface area contributed by atoms with Gasteiger partial charge in [0.15, 0.2) is 0 Å². The van der Waals surface area contributed by atoms with E-state index in [2.05, 4.69) is 41.2 Å². The van der Waals surface area contributed by atoms with Gasteiger partial charge < -0.3 is 14.8 Å². The van der Waals surface area contributed by atoms with Crippen molar-refractivity contribution in [3.63, 3.8) is 0 Å². The van der Waals surface area contributed by atoms with Crippen molar-refractivity contribution in [3.05, 3.63) is 111 Å². The lowest BCUT2D eigenvalue weighted by Gasteiger charge is -2.31. The highest BCUT2D eigenvalue weighted by atomic mass is 32.1. The van der Waals surface area contributed by atoms with Crippen molar-refractivity contribution in [2.75, 3.05) is 0 Å². The molecule has 6 heteroatoms. The Labute approximate surface area is 209 Å². The molecule has 0 bridgehead atoms. The summed E-state index contributed by atoms with van der Waals surface area (Å²) in [5.74, 6) is -0.277. The predicted octanol–water partition coefficient (Wildman–Crippen LogP) is 6.68. The van der Waals surface area contributed by atoms with Crippen LogP contribution in [0, 0.1) is 12.7 Å². The van der Waals surface area contributed by atoms with Crippen molar-refractivity contribution >= 4 is 17.4 Å². The maximum atomic E-state index is 13.8. The summed E-state index contributed by atoms with van der Waals surface area (Å²) < 4.78 is 16.1. The van der Waals surface area contributed by atoms with E-state index in [1.165, 1.54) is 51.5 Å². The van der Waals surface area contributed by atoms with Crippen LogP contribution in [-0.4, -0.2) is 15.5 Å². The minimum Gasteiger partial charge on any atom is -0.334 e. The highest BCUT2D eigenvalue weighted by Crippen LogP contribution is 2.44. The SMILES string of the molecule is Cc1ccc(CNC(=O)N2Cc3c(sc4c3CCCC4)-n3cccc3C2c2ccc(F)cc2)cc1. The molecule has 0 radical (unpaired) electrons. The average Bonchev–Trinajstić information content (AvgIpc) is 3.46. The van der Waals surface area contributed by atoms with E-state index >= 15 is 0 Å². The molecule has 1 aliphatic carbocycles. The molecule has 2 amide bonds. The predicted molar refractivity (Wildman–Crippen MR) is 137 cm³/mol. The van der Waals surface area contributed by atoms with Gasteiger partial charge in [0.25, 0.3) is 0 Å². The first kappa shape index (κ1) is 22.1. The summed E-state index contributed by atoms with van der Waals surface area (Å²) in [5, 5.41) is 4.38. The molecule has 6 rings (SSSR count). The van der Waals surface area contributed by atoms with E-state index in [9.17, 15) is 9.18 Å². The van der Waals surface area contributed by atoms with Gasteiger partial charge in [-0.3, -0.25) is 0 Å². The van der Waals surface area contributed by atoms with Crippen LogP contribution < -0.4 is 5.32 Å². The van der Waals surface area contributed by atoms with Crippen molar-refractivity contribution in [3.8, 4) is 5.00 Å². The second kappa shape index (κ2) is 9.00. The number of aromatic nitrogens is 1. The van der Waals surface area contributed by atoms with Gasteiger partial charge in [0, 0.05) is 23.2 Å². The van der Waals surface area contributed by atoms with Gasteiger partial charge in [0.1, 0.15) is 10.8 Å². The van der Waals surface area contributed by atoms with Gasteiger partial charge in [0.2, 0.25) is 0 Å². The largest absolute Gasteiger partial charge is 0.334 e. The van der Waals surface area contributed by atoms with Crippen LogP contribution in [0.4, 0.5) is 9.18 Å². The van der Waals surface area contributed by atoms with Crippen LogP contribution in [0.15, 0.2) is 66.9 Å². The van der Waals surface area contributed by atoms with Crippen molar-refractivity contribution in [2.24, 2.45) is 0 Å². The molecule has 3 heterocycles. The number of fused-ring (bicyclic) bond motifs is 5. The highest BCUT2D eigenvalue weighted by Gasteiger charge is 2.36. The number of thiophene rings is 1. The van der Waals surface area contributed by atoms with Gasteiger partial charge in [0.05, 0.1) is 18.3 Å². The Kier molecular flexibility index (Phi) is 5.69. The Bertz CT molecular complexity index is 1370. The van der Waals surface area contributed by atoms with Gasteiger partial charge >= 0.3 is 6.03 Å². The summed E-state index contributed by atoms with van der Waals surface area (Å²) >= 11 is 1.87.